The first kappa shape index (κ1) is 13.4. The number of halogens is 1. The van der Waals surface area contributed by atoms with Gasteiger partial charge in [-0.05, 0) is 31.4 Å². The van der Waals surface area contributed by atoms with Gasteiger partial charge in [-0.25, -0.2) is 0 Å². The average molecular weight is 268 g/mol. The molecule has 1 saturated carbocycles. The molecule has 98 valence electrons. The van der Waals surface area contributed by atoms with Crippen molar-refractivity contribution in [3.8, 4) is 0 Å². The van der Waals surface area contributed by atoms with Crippen LogP contribution in [-0.2, 0) is 9.53 Å². The van der Waals surface area contributed by atoms with E-state index in [1.54, 1.807) is 0 Å². The molecule has 0 heterocycles. The lowest BCUT2D eigenvalue weighted by Gasteiger charge is -2.19. The van der Waals surface area contributed by atoms with Crippen molar-refractivity contribution in [2.45, 2.75) is 38.3 Å². The molecule has 0 aromatic heterocycles. The van der Waals surface area contributed by atoms with E-state index in [4.69, 9.17) is 16.3 Å². The summed E-state index contributed by atoms with van der Waals surface area (Å²) in [5.41, 5.74) is 0.971. The van der Waals surface area contributed by atoms with Crippen LogP contribution in [0.3, 0.4) is 0 Å². The van der Waals surface area contributed by atoms with E-state index < -0.39 is 0 Å². The van der Waals surface area contributed by atoms with Gasteiger partial charge in [0.25, 0.3) is 0 Å². The van der Waals surface area contributed by atoms with E-state index in [2.05, 4.69) is 5.32 Å². The first-order valence-electron chi connectivity index (χ1n) is 6.36. The van der Waals surface area contributed by atoms with E-state index in [1.165, 1.54) is 12.8 Å². The first-order chi connectivity index (χ1) is 8.70. The summed E-state index contributed by atoms with van der Waals surface area (Å²) in [4.78, 5) is 11.6. The molecule has 0 aliphatic heterocycles. The molecule has 18 heavy (non-hydrogen) atoms. The van der Waals surface area contributed by atoms with Crippen LogP contribution in [0.2, 0.25) is 5.02 Å². The van der Waals surface area contributed by atoms with E-state index >= 15 is 0 Å². The number of esters is 1. The number of hydrogen-bond acceptors (Lipinski definition) is 3. The van der Waals surface area contributed by atoms with Crippen molar-refractivity contribution in [2.24, 2.45) is 0 Å². The molecule has 0 saturated heterocycles. The molecule has 1 atom stereocenters. The van der Waals surface area contributed by atoms with Gasteiger partial charge in [0.05, 0.1) is 13.0 Å². The molecule has 3 nitrogen and oxygen atoms in total. The van der Waals surface area contributed by atoms with Gasteiger partial charge in [-0.1, -0.05) is 29.8 Å². The second-order valence-corrected chi connectivity index (χ2v) is 4.93. The third-order valence-electron chi connectivity index (χ3n) is 2.97. The largest absolute Gasteiger partial charge is 0.466 e. The molecule has 2 rings (SSSR count). The fourth-order valence-corrected chi connectivity index (χ4v) is 2.20. The summed E-state index contributed by atoms with van der Waals surface area (Å²) in [6.45, 7) is 2.23. The summed E-state index contributed by atoms with van der Waals surface area (Å²) < 4.78 is 5.01. The van der Waals surface area contributed by atoms with Crippen LogP contribution in [0.4, 0.5) is 0 Å². The molecule has 1 aromatic carbocycles. The first-order valence-corrected chi connectivity index (χ1v) is 6.74. The summed E-state index contributed by atoms with van der Waals surface area (Å²) in [6, 6.07) is 8.11. The zero-order valence-electron chi connectivity index (χ0n) is 10.5. The van der Waals surface area contributed by atoms with Crippen molar-refractivity contribution in [1.29, 1.82) is 0 Å². The van der Waals surface area contributed by atoms with Crippen molar-refractivity contribution in [2.75, 3.05) is 6.61 Å². The van der Waals surface area contributed by atoms with Gasteiger partial charge < -0.3 is 10.1 Å². The number of nitrogens with one attached hydrogen (secondary N) is 1. The lowest BCUT2D eigenvalue weighted by Crippen LogP contribution is -2.26. The average Bonchev–Trinajstić information content (AvgIpc) is 3.13. The molecule has 0 radical (unpaired) electrons. The van der Waals surface area contributed by atoms with E-state index in [0.717, 1.165) is 5.56 Å². The minimum atomic E-state index is -0.185. The fourth-order valence-electron chi connectivity index (χ4n) is 1.94. The number of carbonyl (C=O) groups is 1. The molecule has 1 fully saturated rings. The van der Waals surface area contributed by atoms with Crippen LogP contribution in [0.25, 0.3) is 0 Å². The van der Waals surface area contributed by atoms with Crippen LogP contribution >= 0.6 is 11.6 Å². The monoisotopic (exact) mass is 267 g/mol. The topological polar surface area (TPSA) is 38.3 Å². The Labute approximate surface area is 112 Å². The molecule has 1 aliphatic carbocycles. The smallest absolute Gasteiger partial charge is 0.307 e. The van der Waals surface area contributed by atoms with Gasteiger partial charge in [-0.3, -0.25) is 4.79 Å². The molecule has 1 N–H and O–H groups in total. The number of rotatable bonds is 6. The standard InChI is InChI=1S/C14H18ClNO2/c1-2-18-14(17)9-13(16-10-7-8-10)11-5-3-4-6-12(11)15/h3-6,10,13,16H,2,7-9H2,1H3. The summed E-state index contributed by atoms with van der Waals surface area (Å²) >= 11 is 6.19. The van der Waals surface area contributed by atoms with E-state index in [1.807, 2.05) is 31.2 Å². The molecule has 0 spiro atoms. The second-order valence-electron chi connectivity index (χ2n) is 4.52. The maximum Gasteiger partial charge on any atom is 0.307 e. The van der Waals surface area contributed by atoms with Gasteiger partial charge >= 0.3 is 5.97 Å². The molecule has 1 unspecified atom stereocenters. The van der Waals surface area contributed by atoms with Crippen LogP contribution < -0.4 is 5.32 Å². The number of hydrogen-bond donors (Lipinski definition) is 1. The predicted octanol–water partition coefficient (Wildman–Crippen LogP) is 3.09. The number of carbonyl (C=O) groups excluding carboxylic acids is 1. The summed E-state index contributed by atoms with van der Waals surface area (Å²) in [6.07, 6.45) is 2.67. The normalized spacial score (nSPS) is 16.3. The van der Waals surface area contributed by atoms with E-state index in [0.29, 0.717) is 24.1 Å². The lowest BCUT2D eigenvalue weighted by atomic mass is 10.0. The summed E-state index contributed by atoms with van der Waals surface area (Å²) in [5, 5.41) is 4.15. The van der Waals surface area contributed by atoms with Crippen LogP contribution in [0, 0.1) is 0 Å². The van der Waals surface area contributed by atoms with Crippen LogP contribution in [0.5, 0.6) is 0 Å². The van der Waals surface area contributed by atoms with Gasteiger partial charge in [-0.2, -0.15) is 0 Å². The van der Waals surface area contributed by atoms with Crippen molar-refractivity contribution in [3.63, 3.8) is 0 Å². The highest BCUT2D eigenvalue weighted by Gasteiger charge is 2.27. The molecule has 1 aromatic rings. The highest BCUT2D eigenvalue weighted by atomic mass is 35.5. The van der Waals surface area contributed by atoms with Gasteiger partial charge in [-0.15, -0.1) is 0 Å². The van der Waals surface area contributed by atoms with Crippen LogP contribution in [0.1, 0.15) is 37.8 Å². The highest BCUT2D eigenvalue weighted by Crippen LogP contribution is 2.30. The number of ether oxygens (including phenoxy) is 1. The quantitative estimate of drug-likeness (QED) is 0.805. The lowest BCUT2D eigenvalue weighted by molar-refractivity contribution is -0.143. The Hall–Kier alpha value is -1.06. The van der Waals surface area contributed by atoms with Crippen molar-refractivity contribution in [3.05, 3.63) is 34.9 Å². The van der Waals surface area contributed by atoms with Gasteiger partial charge in [0.15, 0.2) is 0 Å². The van der Waals surface area contributed by atoms with E-state index in [9.17, 15) is 4.79 Å². The molecular weight excluding hydrogens is 250 g/mol. The van der Waals surface area contributed by atoms with Crippen molar-refractivity contribution in [1.82, 2.24) is 5.32 Å². The van der Waals surface area contributed by atoms with Gasteiger partial charge in [0, 0.05) is 17.1 Å². The van der Waals surface area contributed by atoms with Gasteiger partial charge in [0.2, 0.25) is 0 Å². The zero-order valence-corrected chi connectivity index (χ0v) is 11.2. The Morgan fingerprint density at radius 2 is 2.22 bits per heavy atom. The van der Waals surface area contributed by atoms with Crippen molar-refractivity contribution < 1.29 is 9.53 Å². The minimum absolute atomic E-state index is 0.0507. The Morgan fingerprint density at radius 3 is 2.83 bits per heavy atom. The maximum absolute atomic E-state index is 11.6. The molecular formula is C14H18ClNO2. The van der Waals surface area contributed by atoms with Gasteiger partial charge in [0.1, 0.15) is 0 Å². The fraction of sp³-hybridized carbons (Fsp3) is 0.500. The van der Waals surface area contributed by atoms with Crippen LogP contribution in [-0.4, -0.2) is 18.6 Å². The Balaban J connectivity index is 2.08. The predicted molar refractivity (Wildman–Crippen MR) is 71.6 cm³/mol. The summed E-state index contributed by atoms with van der Waals surface area (Å²) in [7, 11) is 0. The minimum Gasteiger partial charge on any atom is -0.466 e. The van der Waals surface area contributed by atoms with Crippen molar-refractivity contribution >= 4 is 17.6 Å². The Bertz CT molecular complexity index is 418. The molecule has 1 aliphatic rings. The molecule has 0 amide bonds. The molecule has 4 heteroatoms. The highest BCUT2D eigenvalue weighted by molar-refractivity contribution is 6.31. The zero-order chi connectivity index (χ0) is 13.0. The SMILES string of the molecule is CCOC(=O)CC(NC1CC1)c1ccccc1Cl. The Morgan fingerprint density at radius 1 is 1.50 bits per heavy atom. The summed E-state index contributed by atoms with van der Waals surface area (Å²) in [5.74, 6) is -0.185. The third kappa shape index (κ3) is 3.72. The molecule has 0 bridgehead atoms. The van der Waals surface area contributed by atoms with E-state index in [-0.39, 0.29) is 12.0 Å². The Kier molecular flexibility index (Phi) is 4.61. The second kappa shape index (κ2) is 6.21. The van der Waals surface area contributed by atoms with Crippen LogP contribution in [0.15, 0.2) is 24.3 Å². The maximum atomic E-state index is 11.6. The third-order valence-corrected chi connectivity index (χ3v) is 3.32. The number of benzene rings is 1.